The van der Waals surface area contributed by atoms with Crippen LogP contribution in [0.5, 0.6) is 0 Å². The number of aliphatic hydroxyl groups excluding tert-OH is 1. The number of esters is 3. The molecule has 2 fully saturated rings. The summed E-state index contributed by atoms with van der Waals surface area (Å²) in [5.41, 5.74) is 0. The standard InChI is InChI=1S/C16H22O8/c1-8(21-9(2)17)12(22-10(3)18)5-6-13-16(23-13)15-11(19)4-7-14(20)24-15/h5-6,8,11-13,15-16,19H,4,7H2,1-3H3/t8-,11-,12+,13-,15+,16-/m0/s1. The molecule has 0 aliphatic carbocycles. The van der Waals surface area contributed by atoms with Gasteiger partial charge in [-0.1, -0.05) is 6.08 Å². The molecule has 1 N–H and O–H groups in total. The lowest BCUT2D eigenvalue weighted by atomic mass is 10.0. The van der Waals surface area contributed by atoms with Crippen LogP contribution in [-0.2, 0) is 33.3 Å². The van der Waals surface area contributed by atoms with Gasteiger partial charge in [-0.05, 0) is 19.4 Å². The first-order valence-corrected chi connectivity index (χ1v) is 7.83. The third-order valence-corrected chi connectivity index (χ3v) is 3.78. The molecule has 2 heterocycles. The zero-order valence-corrected chi connectivity index (χ0v) is 13.8. The van der Waals surface area contributed by atoms with Crippen molar-refractivity contribution in [1.82, 2.24) is 0 Å². The van der Waals surface area contributed by atoms with Crippen molar-refractivity contribution in [2.24, 2.45) is 0 Å². The molecule has 2 aliphatic heterocycles. The zero-order chi connectivity index (χ0) is 17.9. The monoisotopic (exact) mass is 342 g/mol. The van der Waals surface area contributed by atoms with E-state index in [0.717, 1.165) is 0 Å². The van der Waals surface area contributed by atoms with E-state index in [1.54, 1.807) is 19.1 Å². The molecule has 2 aliphatic rings. The summed E-state index contributed by atoms with van der Waals surface area (Å²) in [5.74, 6) is -1.34. The van der Waals surface area contributed by atoms with E-state index in [1.165, 1.54) is 13.8 Å². The molecule has 0 aromatic heterocycles. The first-order chi connectivity index (χ1) is 11.3. The van der Waals surface area contributed by atoms with Gasteiger partial charge < -0.3 is 24.1 Å². The van der Waals surface area contributed by atoms with Gasteiger partial charge in [0.25, 0.3) is 0 Å². The van der Waals surface area contributed by atoms with Crippen LogP contribution in [0.15, 0.2) is 12.2 Å². The van der Waals surface area contributed by atoms with Crippen LogP contribution in [0.4, 0.5) is 0 Å². The molecule has 2 saturated heterocycles. The molecule has 0 amide bonds. The minimum absolute atomic E-state index is 0.194. The van der Waals surface area contributed by atoms with Gasteiger partial charge in [0.1, 0.15) is 18.3 Å². The molecule has 8 nitrogen and oxygen atoms in total. The third-order valence-electron chi connectivity index (χ3n) is 3.78. The fourth-order valence-corrected chi connectivity index (χ4v) is 2.59. The molecule has 2 rings (SSSR count). The summed E-state index contributed by atoms with van der Waals surface area (Å²) in [4.78, 5) is 33.5. The van der Waals surface area contributed by atoms with Crippen molar-refractivity contribution in [3.8, 4) is 0 Å². The Bertz CT molecular complexity index is 528. The Morgan fingerprint density at radius 1 is 1.25 bits per heavy atom. The minimum atomic E-state index is -0.755. The summed E-state index contributed by atoms with van der Waals surface area (Å²) < 4.78 is 20.7. The van der Waals surface area contributed by atoms with Crippen LogP contribution in [0.2, 0.25) is 0 Å². The van der Waals surface area contributed by atoms with E-state index in [4.69, 9.17) is 18.9 Å². The van der Waals surface area contributed by atoms with Gasteiger partial charge in [0.15, 0.2) is 12.2 Å². The number of rotatable bonds is 6. The summed E-state index contributed by atoms with van der Waals surface area (Å²) in [6, 6.07) is 0. The molecule has 0 aromatic carbocycles. The highest BCUT2D eigenvalue weighted by Crippen LogP contribution is 2.33. The lowest BCUT2D eigenvalue weighted by molar-refractivity contribution is -0.165. The molecular weight excluding hydrogens is 320 g/mol. The largest absolute Gasteiger partial charge is 0.459 e. The first kappa shape index (κ1) is 18.4. The molecule has 0 unspecified atom stereocenters. The van der Waals surface area contributed by atoms with Crippen LogP contribution in [0.25, 0.3) is 0 Å². The molecule has 0 aromatic rings. The maximum absolute atomic E-state index is 11.3. The van der Waals surface area contributed by atoms with Gasteiger partial charge in [-0.3, -0.25) is 14.4 Å². The van der Waals surface area contributed by atoms with Crippen molar-refractivity contribution in [3.63, 3.8) is 0 Å². The second-order valence-corrected chi connectivity index (χ2v) is 5.90. The topological polar surface area (TPSA) is 112 Å². The summed E-state index contributed by atoms with van der Waals surface area (Å²) in [7, 11) is 0. The lowest BCUT2D eigenvalue weighted by Gasteiger charge is -2.26. The van der Waals surface area contributed by atoms with Crippen molar-refractivity contribution >= 4 is 17.9 Å². The predicted molar refractivity (Wildman–Crippen MR) is 79.7 cm³/mol. The maximum atomic E-state index is 11.3. The minimum Gasteiger partial charge on any atom is -0.459 e. The molecule has 8 heteroatoms. The number of ether oxygens (including phenoxy) is 4. The Hall–Kier alpha value is -1.93. The van der Waals surface area contributed by atoms with Crippen molar-refractivity contribution < 1.29 is 38.4 Å². The number of cyclic esters (lactones) is 1. The molecule has 0 radical (unpaired) electrons. The highest BCUT2D eigenvalue weighted by molar-refractivity contribution is 5.70. The predicted octanol–water partition coefficient (Wildman–Crippen LogP) is 0.260. The van der Waals surface area contributed by atoms with E-state index in [1.807, 2.05) is 0 Å². The molecule has 134 valence electrons. The van der Waals surface area contributed by atoms with Crippen molar-refractivity contribution in [3.05, 3.63) is 12.2 Å². The Balaban J connectivity index is 1.93. The number of aliphatic hydroxyl groups is 1. The van der Waals surface area contributed by atoms with Gasteiger partial charge in [0, 0.05) is 20.3 Å². The number of hydrogen-bond acceptors (Lipinski definition) is 8. The Morgan fingerprint density at radius 2 is 1.92 bits per heavy atom. The van der Waals surface area contributed by atoms with Crippen molar-refractivity contribution in [2.75, 3.05) is 0 Å². The summed E-state index contributed by atoms with van der Waals surface area (Å²) in [5, 5.41) is 9.89. The van der Waals surface area contributed by atoms with E-state index < -0.39 is 42.5 Å². The first-order valence-electron chi connectivity index (χ1n) is 7.83. The van der Waals surface area contributed by atoms with Crippen LogP contribution in [0.3, 0.4) is 0 Å². The number of carbonyl (C=O) groups excluding carboxylic acids is 3. The molecule has 24 heavy (non-hydrogen) atoms. The average Bonchev–Trinajstić information content (AvgIpc) is 3.24. The van der Waals surface area contributed by atoms with Gasteiger partial charge in [-0.15, -0.1) is 0 Å². The maximum Gasteiger partial charge on any atom is 0.306 e. The van der Waals surface area contributed by atoms with Crippen LogP contribution in [-0.4, -0.2) is 59.6 Å². The fraction of sp³-hybridized carbons (Fsp3) is 0.688. The van der Waals surface area contributed by atoms with Crippen molar-refractivity contribution in [2.45, 2.75) is 70.2 Å². The van der Waals surface area contributed by atoms with Gasteiger partial charge in [0.2, 0.25) is 0 Å². The highest BCUT2D eigenvalue weighted by Gasteiger charge is 2.50. The number of hydrogen-bond donors (Lipinski definition) is 1. The number of epoxide rings is 1. The van der Waals surface area contributed by atoms with Crippen LogP contribution >= 0.6 is 0 Å². The van der Waals surface area contributed by atoms with E-state index in [2.05, 4.69) is 0 Å². The fourth-order valence-electron chi connectivity index (χ4n) is 2.59. The van der Waals surface area contributed by atoms with Crippen LogP contribution in [0, 0.1) is 0 Å². The second kappa shape index (κ2) is 7.76. The summed E-state index contributed by atoms with van der Waals surface area (Å²) >= 11 is 0. The Morgan fingerprint density at radius 3 is 2.54 bits per heavy atom. The van der Waals surface area contributed by atoms with Crippen molar-refractivity contribution in [1.29, 1.82) is 0 Å². The van der Waals surface area contributed by atoms with E-state index in [9.17, 15) is 19.5 Å². The lowest BCUT2D eigenvalue weighted by Crippen LogP contribution is -2.41. The van der Waals surface area contributed by atoms with Crippen LogP contribution in [0.1, 0.15) is 33.6 Å². The summed E-state index contributed by atoms with van der Waals surface area (Å²) in [6.45, 7) is 4.14. The highest BCUT2D eigenvalue weighted by atomic mass is 16.6. The molecular formula is C16H22O8. The molecule has 0 spiro atoms. The number of carbonyl (C=O) groups is 3. The molecule has 6 atom stereocenters. The van der Waals surface area contributed by atoms with Gasteiger partial charge in [0.05, 0.1) is 6.10 Å². The van der Waals surface area contributed by atoms with E-state index in [0.29, 0.717) is 6.42 Å². The van der Waals surface area contributed by atoms with Gasteiger partial charge >= 0.3 is 17.9 Å². The SMILES string of the molecule is CC(=O)O[C@@H](C)[C@@H](C=C[C@@H]1O[C@@H]1[C@@H]1OC(=O)CC[C@@H]1O)OC(C)=O. The Labute approximate surface area is 139 Å². The third kappa shape index (κ3) is 5.04. The normalized spacial score (nSPS) is 31.9. The van der Waals surface area contributed by atoms with Gasteiger partial charge in [-0.2, -0.15) is 0 Å². The zero-order valence-electron chi connectivity index (χ0n) is 13.8. The van der Waals surface area contributed by atoms with Gasteiger partial charge in [-0.25, -0.2) is 0 Å². The summed E-state index contributed by atoms with van der Waals surface area (Å²) in [6.07, 6.45) is 0.103. The Kier molecular flexibility index (Phi) is 5.95. The van der Waals surface area contributed by atoms with E-state index in [-0.39, 0.29) is 18.5 Å². The second-order valence-electron chi connectivity index (χ2n) is 5.90. The quantitative estimate of drug-likeness (QED) is 0.317. The average molecular weight is 342 g/mol. The molecule has 0 bridgehead atoms. The molecule has 0 saturated carbocycles. The van der Waals surface area contributed by atoms with E-state index >= 15 is 0 Å². The van der Waals surface area contributed by atoms with Crippen LogP contribution < -0.4 is 0 Å². The smallest absolute Gasteiger partial charge is 0.306 e.